The predicted octanol–water partition coefficient (Wildman–Crippen LogP) is 3.27. The van der Waals surface area contributed by atoms with Gasteiger partial charge in [-0.05, 0) is 34.7 Å². The van der Waals surface area contributed by atoms with Crippen LogP contribution in [0.25, 0.3) is 10.1 Å². The van der Waals surface area contributed by atoms with E-state index in [9.17, 15) is 13.2 Å². The summed E-state index contributed by atoms with van der Waals surface area (Å²) in [5.41, 5.74) is 4.87. The molecule has 5 rings (SSSR count). The molecule has 2 aromatic carbocycles. The minimum Gasteiger partial charge on any atom is -0.350 e. The number of piperazine rings is 1. The van der Waals surface area contributed by atoms with E-state index in [1.807, 2.05) is 24.3 Å². The van der Waals surface area contributed by atoms with Gasteiger partial charge < -0.3 is 19.8 Å². The van der Waals surface area contributed by atoms with Gasteiger partial charge in [-0.1, -0.05) is 41.9 Å². The van der Waals surface area contributed by atoms with Crippen molar-refractivity contribution in [3.63, 3.8) is 0 Å². The van der Waals surface area contributed by atoms with Crippen molar-refractivity contribution in [3.8, 4) is 0 Å². The SMILES string of the molecule is O=C1CN(S(=O)(=O)c2cc3ccc(Cl)cc3s2)CCN1Cc1ccc(C=NNCCC2OCCO2)cc1. The third kappa shape index (κ3) is 6.31. The molecule has 0 bridgehead atoms. The summed E-state index contributed by atoms with van der Waals surface area (Å²) >= 11 is 7.20. The Balaban J connectivity index is 1.13. The van der Waals surface area contributed by atoms with Gasteiger partial charge in [-0.15, -0.1) is 11.3 Å². The number of rotatable bonds is 9. The maximum atomic E-state index is 13.2. The molecule has 0 atom stereocenters. The van der Waals surface area contributed by atoms with E-state index in [-0.39, 0.29) is 29.5 Å². The van der Waals surface area contributed by atoms with Crippen LogP contribution < -0.4 is 5.43 Å². The molecule has 2 fully saturated rings. The summed E-state index contributed by atoms with van der Waals surface area (Å²) in [4.78, 5) is 14.5. The molecule has 1 N–H and O–H groups in total. The van der Waals surface area contributed by atoms with Gasteiger partial charge in [0.25, 0.3) is 10.0 Å². The summed E-state index contributed by atoms with van der Waals surface area (Å²) in [5, 5.41) is 5.59. The van der Waals surface area contributed by atoms with Crippen LogP contribution in [-0.2, 0) is 30.8 Å². The highest BCUT2D eigenvalue weighted by Gasteiger charge is 2.33. The van der Waals surface area contributed by atoms with Gasteiger partial charge in [-0.25, -0.2) is 8.42 Å². The van der Waals surface area contributed by atoms with E-state index < -0.39 is 10.0 Å². The molecule has 0 unspecified atom stereocenters. The number of thiophene rings is 1. The molecule has 0 radical (unpaired) electrons. The molecule has 2 aliphatic heterocycles. The number of amides is 1. The number of carbonyl (C=O) groups is 1. The zero-order chi connectivity index (χ0) is 25.8. The molecule has 37 heavy (non-hydrogen) atoms. The van der Waals surface area contributed by atoms with Gasteiger partial charge in [0.1, 0.15) is 4.21 Å². The number of fused-ring (bicyclic) bond motifs is 1. The number of benzene rings is 2. The minimum absolute atomic E-state index is 0.151. The fourth-order valence-corrected chi connectivity index (χ4v) is 7.37. The summed E-state index contributed by atoms with van der Waals surface area (Å²) in [6, 6.07) is 14.7. The quantitative estimate of drug-likeness (QED) is 0.244. The second kappa shape index (κ2) is 11.5. The Labute approximate surface area is 224 Å². The molecule has 12 heteroatoms. The maximum Gasteiger partial charge on any atom is 0.253 e. The minimum atomic E-state index is -3.76. The highest BCUT2D eigenvalue weighted by Crippen LogP contribution is 2.33. The Kier molecular flexibility index (Phi) is 8.08. The molecule has 3 aromatic rings. The van der Waals surface area contributed by atoms with E-state index in [2.05, 4.69) is 10.5 Å². The van der Waals surface area contributed by atoms with Crippen LogP contribution in [0.1, 0.15) is 17.5 Å². The molecule has 2 aliphatic rings. The topological polar surface area (TPSA) is 101 Å². The molecular formula is C25H27ClN4O5S2. The Morgan fingerprint density at radius 3 is 2.65 bits per heavy atom. The first-order valence-corrected chi connectivity index (χ1v) is 14.6. The van der Waals surface area contributed by atoms with Gasteiger partial charge >= 0.3 is 0 Å². The van der Waals surface area contributed by atoms with Crippen LogP contribution in [-0.4, -0.2) is 75.4 Å². The lowest BCUT2D eigenvalue weighted by molar-refractivity contribution is -0.134. The first kappa shape index (κ1) is 26.1. The van der Waals surface area contributed by atoms with Gasteiger partial charge in [0.2, 0.25) is 5.91 Å². The Hall–Kier alpha value is -2.54. The summed E-state index contributed by atoms with van der Waals surface area (Å²) in [7, 11) is -3.76. The van der Waals surface area contributed by atoms with Gasteiger partial charge in [0.15, 0.2) is 6.29 Å². The first-order chi connectivity index (χ1) is 17.9. The van der Waals surface area contributed by atoms with Gasteiger partial charge in [-0.2, -0.15) is 9.41 Å². The number of halogens is 1. The Morgan fingerprint density at radius 2 is 1.89 bits per heavy atom. The second-order valence-corrected chi connectivity index (χ2v) is 12.5. The maximum absolute atomic E-state index is 13.2. The fraction of sp³-hybridized carbons (Fsp3) is 0.360. The van der Waals surface area contributed by atoms with Gasteiger partial charge in [0, 0.05) is 42.3 Å². The van der Waals surface area contributed by atoms with Crippen LogP contribution in [0.15, 0.2) is 57.8 Å². The molecule has 2 saturated heterocycles. The van der Waals surface area contributed by atoms with Crippen LogP contribution in [0.5, 0.6) is 0 Å². The number of carbonyl (C=O) groups excluding carboxylic acids is 1. The summed E-state index contributed by atoms with van der Waals surface area (Å²) < 4.78 is 39.4. The molecule has 0 spiro atoms. The van der Waals surface area contributed by atoms with Crippen molar-refractivity contribution in [2.24, 2.45) is 5.10 Å². The lowest BCUT2D eigenvalue weighted by Gasteiger charge is -2.33. The first-order valence-electron chi connectivity index (χ1n) is 11.9. The van der Waals surface area contributed by atoms with Crippen molar-refractivity contribution < 1.29 is 22.7 Å². The molecule has 3 heterocycles. The largest absolute Gasteiger partial charge is 0.350 e. The number of hydrogen-bond donors (Lipinski definition) is 1. The van der Waals surface area contributed by atoms with Gasteiger partial charge in [0.05, 0.1) is 26.0 Å². The van der Waals surface area contributed by atoms with Crippen LogP contribution in [0.3, 0.4) is 0 Å². The smallest absolute Gasteiger partial charge is 0.253 e. The monoisotopic (exact) mass is 562 g/mol. The van der Waals surface area contributed by atoms with Crippen LogP contribution in [0.4, 0.5) is 0 Å². The summed E-state index contributed by atoms with van der Waals surface area (Å²) in [5.74, 6) is -0.218. The van der Waals surface area contributed by atoms with Crippen LogP contribution in [0.2, 0.25) is 5.02 Å². The predicted molar refractivity (Wildman–Crippen MR) is 143 cm³/mol. The fourth-order valence-electron chi connectivity index (χ4n) is 4.16. The highest BCUT2D eigenvalue weighted by atomic mass is 35.5. The van der Waals surface area contributed by atoms with E-state index >= 15 is 0 Å². The number of nitrogens with zero attached hydrogens (tertiary/aromatic N) is 3. The van der Waals surface area contributed by atoms with E-state index in [0.29, 0.717) is 37.9 Å². The third-order valence-corrected chi connectivity index (χ3v) is 9.81. The van der Waals surface area contributed by atoms with Crippen molar-refractivity contribution >= 4 is 55.2 Å². The molecule has 9 nitrogen and oxygen atoms in total. The molecule has 196 valence electrons. The van der Waals surface area contributed by atoms with E-state index in [4.69, 9.17) is 21.1 Å². The molecule has 0 saturated carbocycles. The van der Waals surface area contributed by atoms with E-state index in [1.165, 1.54) is 15.6 Å². The number of sulfonamides is 1. The van der Waals surface area contributed by atoms with Crippen molar-refractivity contribution in [2.45, 2.75) is 23.5 Å². The molecule has 0 aliphatic carbocycles. The van der Waals surface area contributed by atoms with Crippen LogP contribution in [0, 0.1) is 0 Å². The second-order valence-electron chi connectivity index (χ2n) is 8.77. The summed E-state index contributed by atoms with van der Waals surface area (Å²) in [6.45, 7) is 2.76. The molecule has 1 aromatic heterocycles. The summed E-state index contributed by atoms with van der Waals surface area (Å²) in [6.07, 6.45) is 2.32. The van der Waals surface area contributed by atoms with Crippen molar-refractivity contribution in [2.75, 3.05) is 39.4 Å². The lowest BCUT2D eigenvalue weighted by atomic mass is 10.1. The van der Waals surface area contributed by atoms with Crippen molar-refractivity contribution in [1.82, 2.24) is 14.6 Å². The van der Waals surface area contributed by atoms with Gasteiger partial charge in [-0.3, -0.25) is 4.79 Å². The highest BCUT2D eigenvalue weighted by molar-refractivity contribution is 7.91. The number of hydrazone groups is 1. The number of hydrogen-bond acceptors (Lipinski definition) is 8. The molecular weight excluding hydrogens is 536 g/mol. The average molecular weight is 563 g/mol. The van der Waals surface area contributed by atoms with Crippen molar-refractivity contribution in [3.05, 3.63) is 64.7 Å². The number of nitrogens with one attached hydrogen (secondary N) is 1. The zero-order valence-corrected chi connectivity index (χ0v) is 22.4. The Bertz CT molecular complexity index is 1390. The third-order valence-electron chi connectivity index (χ3n) is 6.18. The Morgan fingerprint density at radius 1 is 1.11 bits per heavy atom. The van der Waals surface area contributed by atoms with Crippen molar-refractivity contribution in [1.29, 1.82) is 0 Å². The zero-order valence-electron chi connectivity index (χ0n) is 20.0. The standard InChI is InChI=1S/C25H27ClN4O5S2/c26-21-6-5-20-13-25(36-22(20)14-21)37(32,33)30-10-9-29(23(31)17-30)16-19-3-1-18(2-4-19)15-28-27-8-7-24-34-11-12-35-24/h1-6,13-15,24,27H,7-12,16-17H2. The normalized spacial score (nSPS) is 17.9. The number of ether oxygens (including phenoxy) is 2. The molecule has 1 amide bonds. The van der Waals surface area contributed by atoms with Crippen LogP contribution >= 0.6 is 22.9 Å². The van der Waals surface area contributed by atoms with E-state index in [0.717, 1.165) is 27.6 Å². The lowest BCUT2D eigenvalue weighted by Crippen LogP contribution is -2.51. The van der Waals surface area contributed by atoms with E-state index in [1.54, 1.807) is 35.4 Å². The average Bonchev–Trinajstić information content (AvgIpc) is 3.56.